The van der Waals surface area contributed by atoms with Crippen molar-refractivity contribution in [3.63, 3.8) is 0 Å². The Kier molecular flexibility index (Phi) is 4.28. The number of nitrogens with two attached hydrogens (primary N) is 1. The lowest BCUT2D eigenvalue weighted by molar-refractivity contribution is 0.230. The van der Waals surface area contributed by atoms with E-state index in [0.717, 1.165) is 18.4 Å². The Balaban J connectivity index is 2.28. The van der Waals surface area contributed by atoms with Gasteiger partial charge in [-0.05, 0) is 30.9 Å². The summed E-state index contributed by atoms with van der Waals surface area (Å²) >= 11 is 0. The van der Waals surface area contributed by atoms with E-state index in [1.807, 2.05) is 19.1 Å². The second-order valence-corrected chi connectivity index (χ2v) is 7.16. The molecule has 19 heavy (non-hydrogen) atoms. The van der Waals surface area contributed by atoms with Gasteiger partial charge in [0.2, 0.25) is 10.0 Å². The number of hydrogen-bond donors (Lipinski definition) is 1. The van der Waals surface area contributed by atoms with Gasteiger partial charge in [0.25, 0.3) is 0 Å². The molecule has 0 bridgehead atoms. The molecule has 0 aliphatic carbocycles. The van der Waals surface area contributed by atoms with Gasteiger partial charge in [-0.15, -0.1) is 0 Å². The molecule has 2 unspecified atom stereocenters. The quantitative estimate of drug-likeness (QED) is 0.918. The van der Waals surface area contributed by atoms with Crippen LogP contribution >= 0.6 is 0 Å². The molecule has 106 valence electrons. The van der Waals surface area contributed by atoms with Crippen molar-refractivity contribution in [1.29, 1.82) is 0 Å². The normalized spacial score (nSPS) is 25.4. The maximum Gasteiger partial charge on any atom is 0.243 e. The molecule has 1 aromatic carbocycles. The highest BCUT2D eigenvalue weighted by molar-refractivity contribution is 7.89. The van der Waals surface area contributed by atoms with Crippen molar-refractivity contribution < 1.29 is 8.42 Å². The molecule has 1 saturated heterocycles. The van der Waals surface area contributed by atoms with Crippen LogP contribution in [-0.4, -0.2) is 31.9 Å². The molecule has 4 nitrogen and oxygen atoms in total. The van der Waals surface area contributed by atoms with E-state index in [9.17, 15) is 8.42 Å². The van der Waals surface area contributed by atoms with Gasteiger partial charge in [0, 0.05) is 19.1 Å². The van der Waals surface area contributed by atoms with Crippen molar-refractivity contribution in [2.24, 2.45) is 11.7 Å². The van der Waals surface area contributed by atoms with Gasteiger partial charge < -0.3 is 5.73 Å². The van der Waals surface area contributed by atoms with Crippen LogP contribution in [0.2, 0.25) is 0 Å². The largest absolute Gasteiger partial charge is 0.327 e. The number of rotatable bonds is 3. The lowest BCUT2D eigenvalue weighted by atomic mass is 9.92. The fourth-order valence-electron chi connectivity index (χ4n) is 2.65. The van der Waals surface area contributed by atoms with Crippen molar-refractivity contribution in [2.75, 3.05) is 13.1 Å². The van der Waals surface area contributed by atoms with Crippen LogP contribution in [0.15, 0.2) is 29.2 Å². The molecule has 1 aromatic rings. The summed E-state index contributed by atoms with van der Waals surface area (Å²) in [6, 6.07) is 7.26. The number of sulfonamides is 1. The van der Waals surface area contributed by atoms with Gasteiger partial charge in [-0.3, -0.25) is 0 Å². The summed E-state index contributed by atoms with van der Waals surface area (Å²) in [7, 11) is -3.38. The second kappa shape index (κ2) is 5.61. The average Bonchev–Trinajstić information content (AvgIpc) is 2.39. The molecule has 1 aliphatic heterocycles. The molecule has 5 heteroatoms. The van der Waals surface area contributed by atoms with E-state index in [-0.39, 0.29) is 12.0 Å². The van der Waals surface area contributed by atoms with Gasteiger partial charge in [-0.25, -0.2) is 8.42 Å². The van der Waals surface area contributed by atoms with E-state index in [1.54, 1.807) is 16.4 Å². The highest BCUT2D eigenvalue weighted by atomic mass is 32.2. The SMILES string of the molecule is CCC1CN(S(=O)(=O)c2ccccc2C)CCC1N. The maximum atomic E-state index is 12.7. The first-order valence-electron chi connectivity index (χ1n) is 6.78. The number of piperidine rings is 1. The number of hydrogen-bond acceptors (Lipinski definition) is 3. The van der Waals surface area contributed by atoms with E-state index in [0.29, 0.717) is 18.0 Å². The minimum Gasteiger partial charge on any atom is -0.327 e. The highest BCUT2D eigenvalue weighted by Crippen LogP contribution is 2.26. The Morgan fingerprint density at radius 1 is 1.37 bits per heavy atom. The summed E-state index contributed by atoms with van der Waals surface area (Å²) in [5.41, 5.74) is 6.84. The Hall–Kier alpha value is -0.910. The second-order valence-electron chi connectivity index (χ2n) is 5.25. The number of nitrogens with zero attached hydrogens (tertiary/aromatic N) is 1. The summed E-state index contributed by atoms with van der Waals surface area (Å²) in [6.45, 7) is 4.96. The van der Waals surface area contributed by atoms with Crippen molar-refractivity contribution in [3.05, 3.63) is 29.8 Å². The van der Waals surface area contributed by atoms with E-state index >= 15 is 0 Å². The molecule has 2 N–H and O–H groups in total. The molecule has 1 fully saturated rings. The molecule has 0 amide bonds. The van der Waals surface area contributed by atoms with Gasteiger partial charge in [-0.2, -0.15) is 4.31 Å². The Bertz CT molecular complexity index is 542. The molecule has 1 heterocycles. The lowest BCUT2D eigenvalue weighted by Crippen LogP contribution is -2.48. The van der Waals surface area contributed by atoms with Crippen LogP contribution in [0.3, 0.4) is 0 Å². The molecule has 0 spiro atoms. The standard InChI is InChI=1S/C14H22N2O2S/c1-3-12-10-16(9-8-13(12)15)19(17,18)14-7-5-4-6-11(14)2/h4-7,12-13H,3,8-10,15H2,1-2H3. The molecule has 0 saturated carbocycles. The van der Waals surface area contributed by atoms with Crippen LogP contribution in [0.5, 0.6) is 0 Å². The van der Waals surface area contributed by atoms with E-state index in [1.165, 1.54) is 0 Å². The third-order valence-electron chi connectivity index (χ3n) is 3.99. The predicted molar refractivity (Wildman–Crippen MR) is 76.3 cm³/mol. The van der Waals surface area contributed by atoms with Crippen molar-refractivity contribution in [2.45, 2.75) is 37.6 Å². The molecular weight excluding hydrogens is 260 g/mol. The van der Waals surface area contributed by atoms with Crippen LogP contribution in [0.1, 0.15) is 25.3 Å². The Morgan fingerprint density at radius 3 is 2.68 bits per heavy atom. The van der Waals surface area contributed by atoms with Crippen LogP contribution < -0.4 is 5.73 Å². The van der Waals surface area contributed by atoms with Crippen LogP contribution in [-0.2, 0) is 10.0 Å². The highest BCUT2D eigenvalue weighted by Gasteiger charge is 2.33. The Labute approximate surface area is 115 Å². The van der Waals surface area contributed by atoms with E-state index < -0.39 is 10.0 Å². The fraction of sp³-hybridized carbons (Fsp3) is 0.571. The molecule has 1 aliphatic rings. The van der Waals surface area contributed by atoms with E-state index in [4.69, 9.17) is 5.73 Å². The predicted octanol–water partition coefficient (Wildman–Crippen LogP) is 1.74. The van der Waals surface area contributed by atoms with Crippen molar-refractivity contribution in [3.8, 4) is 0 Å². The first-order chi connectivity index (χ1) is 8.96. The summed E-state index contributed by atoms with van der Waals surface area (Å²) in [5.74, 6) is 0.257. The molecule has 2 rings (SSSR count). The molecule has 0 aromatic heterocycles. The van der Waals surface area contributed by atoms with Crippen LogP contribution in [0, 0.1) is 12.8 Å². The summed E-state index contributed by atoms with van der Waals surface area (Å²) < 4.78 is 26.9. The monoisotopic (exact) mass is 282 g/mol. The number of benzene rings is 1. The van der Waals surface area contributed by atoms with E-state index in [2.05, 4.69) is 6.92 Å². The van der Waals surface area contributed by atoms with Gasteiger partial charge in [0.05, 0.1) is 4.90 Å². The summed E-state index contributed by atoms with van der Waals surface area (Å²) in [4.78, 5) is 0.417. The van der Waals surface area contributed by atoms with Gasteiger partial charge in [-0.1, -0.05) is 31.5 Å². The topological polar surface area (TPSA) is 63.4 Å². The fourth-order valence-corrected chi connectivity index (χ4v) is 4.39. The minimum absolute atomic E-state index is 0.119. The summed E-state index contributed by atoms with van der Waals surface area (Å²) in [5, 5.41) is 0. The zero-order valence-electron chi connectivity index (χ0n) is 11.5. The zero-order valence-corrected chi connectivity index (χ0v) is 12.4. The van der Waals surface area contributed by atoms with Crippen LogP contribution in [0.25, 0.3) is 0 Å². The first-order valence-corrected chi connectivity index (χ1v) is 8.22. The van der Waals surface area contributed by atoms with Crippen LogP contribution in [0.4, 0.5) is 0 Å². The molecular formula is C14H22N2O2S. The third-order valence-corrected chi connectivity index (χ3v) is 6.02. The number of aryl methyl sites for hydroxylation is 1. The Morgan fingerprint density at radius 2 is 2.05 bits per heavy atom. The zero-order chi connectivity index (χ0) is 14.0. The average molecular weight is 282 g/mol. The third kappa shape index (κ3) is 2.83. The minimum atomic E-state index is -3.38. The van der Waals surface area contributed by atoms with Gasteiger partial charge in [0.1, 0.15) is 0 Å². The van der Waals surface area contributed by atoms with Gasteiger partial charge in [0.15, 0.2) is 0 Å². The lowest BCUT2D eigenvalue weighted by Gasteiger charge is -2.35. The maximum absolute atomic E-state index is 12.7. The van der Waals surface area contributed by atoms with Crippen molar-refractivity contribution in [1.82, 2.24) is 4.31 Å². The molecule has 2 atom stereocenters. The smallest absolute Gasteiger partial charge is 0.243 e. The summed E-state index contributed by atoms with van der Waals surface area (Å²) in [6.07, 6.45) is 1.66. The van der Waals surface area contributed by atoms with Crippen molar-refractivity contribution >= 4 is 10.0 Å². The first kappa shape index (κ1) is 14.5. The molecule has 0 radical (unpaired) electrons. The van der Waals surface area contributed by atoms with Gasteiger partial charge >= 0.3 is 0 Å².